The molecule has 0 radical (unpaired) electrons. The molecular formula is C14H13NOS. The topological polar surface area (TPSA) is 43.1 Å². The largest absolute Gasteiger partial charge is 0.326 e. The van der Waals surface area contributed by atoms with Crippen LogP contribution < -0.4 is 5.73 Å². The van der Waals surface area contributed by atoms with E-state index in [0.717, 1.165) is 10.5 Å². The van der Waals surface area contributed by atoms with Gasteiger partial charge in [0.05, 0.1) is 0 Å². The summed E-state index contributed by atoms with van der Waals surface area (Å²) < 4.78 is 0. The summed E-state index contributed by atoms with van der Waals surface area (Å²) >= 11 is 1.23. The molecular weight excluding hydrogens is 230 g/mol. The Balaban J connectivity index is 2.19. The summed E-state index contributed by atoms with van der Waals surface area (Å²) in [7, 11) is 0. The van der Waals surface area contributed by atoms with Crippen LogP contribution in [0.25, 0.3) is 0 Å². The third-order valence-electron chi connectivity index (χ3n) is 2.40. The fraction of sp³-hybridized carbons (Fsp3) is 0.0714. The van der Waals surface area contributed by atoms with Crippen LogP contribution in [-0.2, 0) is 6.54 Å². The summed E-state index contributed by atoms with van der Waals surface area (Å²) in [5, 5.41) is 0.0477. The molecule has 0 aliphatic rings. The number of carbonyl (C=O) groups excluding carboxylic acids is 1. The number of rotatable bonds is 3. The zero-order chi connectivity index (χ0) is 12.1. The van der Waals surface area contributed by atoms with Gasteiger partial charge in [-0.2, -0.15) is 0 Å². The van der Waals surface area contributed by atoms with Crippen LogP contribution in [0.5, 0.6) is 0 Å². The number of hydrogen-bond acceptors (Lipinski definition) is 3. The number of carbonyl (C=O) groups is 1. The van der Waals surface area contributed by atoms with Gasteiger partial charge in [0.1, 0.15) is 0 Å². The molecule has 0 aliphatic carbocycles. The molecule has 0 heterocycles. The molecule has 0 aromatic heterocycles. The van der Waals surface area contributed by atoms with Crippen molar-refractivity contribution in [2.75, 3.05) is 0 Å². The highest BCUT2D eigenvalue weighted by atomic mass is 32.2. The van der Waals surface area contributed by atoms with Crippen molar-refractivity contribution in [3.8, 4) is 0 Å². The number of thioether (sulfide) groups is 1. The molecule has 2 N–H and O–H groups in total. The Bertz CT molecular complexity index is 511. The molecule has 0 amide bonds. The van der Waals surface area contributed by atoms with Gasteiger partial charge in [0.25, 0.3) is 0 Å². The minimum Gasteiger partial charge on any atom is -0.326 e. The highest BCUT2D eigenvalue weighted by molar-refractivity contribution is 8.14. The van der Waals surface area contributed by atoms with Crippen LogP contribution in [0.2, 0.25) is 0 Å². The molecule has 86 valence electrons. The fourth-order valence-electron chi connectivity index (χ4n) is 1.51. The SMILES string of the molecule is NCc1ccccc1SC(=O)c1ccccc1. The zero-order valence-electron chi connectivity index (χ0n) is 9.30. The third-order valence-corrected chi connectivity index (χ3v) is 3.44. The summed E-state index contributed by atoms with van der Waals surface area (Å²) in [6.45, 7) is 0.450. The zero-order valence-corrected chi connectivity index (χ0v) is 10.1. The Hall–Kier alpha value is -1.58. The van der Waals surface area contributed by atoms with Crippen molar-refractivity contribution >= 4 is 16.9 Å². The van der Waals surface area contributed by atoms with E-state index in [0.29, 0.717) is 12.1 Å². The van der Waals surface area contributed by atoms with Gasteiger partial charge < -0.3 is 5.73 Å². The Morgan fingerprint density at radius 3 is 2.35 bits per heavy atom. The quantitative estimate of drug-likeness (QED) is 0.842. The maximum atomic E-state index is 12.0. The molecule has 0 saturated carbocycles. The first-order chi connectivity index (χ1) is 8.31. The predicted octanol–water partition coefficient (Wildman–Crippen LogP) is 3.08. The van der Waals surface area contributed by atoms with Crippen LogP contribution in [0.4, 0.5) is 0 Å². The molecule has 17 heavy (non-hydrogen) atoms. The predicted molar refractivity (Wildman–Crippen MR) is 71.0 cm³/mol. The van der Waals surface area contributed by atoms with Crippen molar-refractivity contribution in [1.29, 1.82) is 0 Å². The van der Waals surface area contributed by atoms with Crippen molar-refractivity contribution in [3.05, 3.63) is 65.7 Å². The third kappa shape index (κ3) is 2.96. The number of hydrogen-bond donors (Lipinski definition) is 1. The van der Waals surface area contributed by atoms with E-state index in [4.69, 9.17) is 5.73 Å². The lowest BCUT2D eigenvalue weighted by Gasteiger charge is -2.05. The van der Waals surface area contributed by atoms with E-state index < -0.39 is 0 Å². The molecule has 3 heteroatoms. The Morgan fingerprint density at radius 1 is 1.00 bits per heavy atom. The van der Waals surface area contributed by atoms with E-state index in [9.17, 15) is 4.79 Å². The number of nitrogens with two attached hydrogens (primary N) is 1. The highest BCUT2D eigenvalue weighted by Gasteiger charge is 2.09. The second-order valence-electron chi connectivity index (χ2n) is 3.57. The summed E-state index contributed by atoms with van der Waals surface area (Å²) in [6, 6.07) is 17.0. The van der Waals surface area contributed by atoms with Crippen molar-refractivity contribution in [1.82, 2.24) is 0 Å². The monoisotopic (exact) mass is 243 g/mol. The Kier molecular flexibility index (Phi) is 3.96. The van der Waals surface area contributed by atoms with Gasteiger partial charge >= 0.3 is 0 Å². The second-order valence-corrected chi connectivity index (χ2v) is 4.58. The van der Waals surface area contributed by atoms with E-state index >= 15 is 0 Å². The van der Waals surface area contributed by atoms with Gasteiger partial charge in [-0.1, -0.05) is 48.5 Å². The maximum Gasteiger partial charge on any atom is 0.224 e. The summed E-state index contributed by atoms with van der Waals surface area (Å²) in [5.74, 6) is 0. The van der Waals surface area contributed by atoms with Crippen molar-refractivity contribution in [2.24, 2.45) is 5.73 Å². The summed E-state index contributed by atoms with van der Waals surface area (Å²) in [4.78, 5) is 12.9. The molecule has 0 spiro atoms. The average Bonchev–Trinajstić information content (AvgIpc) is 2.40. The van der Waals surface area contributed by atoms with Crippen LogP contribution in [-0.4, -0.2) is 5.12 Å². The smallest absolute Gasteiger partial charge is 0.224 e. The fourth-order valence-corrected chi connectivity index (χ4v) is 2.39. The van der Waals surface area contributed by atoms with E-state index in [-0.39, 0.29) is 5.12 Å². The van der Waals surface area contributed by atoms with Gasteiger partial charge in [0.15, 0.2) is 0 Å². The van der Waals surface area contributed by atoms with Gasteiger partial charge in [0.2, 0.25) is 5.12 Å². The molecule has 2 rings (SSSR count). The lowest BCUT2D eigenvalue weighted by molar-refractivity contribution is 0.108. The van der Waals surface area contributed by atoms with E-state index in [2.05, 4.69) is 0 Å². The molecule has 2 nitrogen and oxygen atoms in total. The lowest BCUT2D eigenvalue weighted by atomic mass is 10.2. The first-order valence-corrected chi connectivity index (χ1v) is 6.18. The molecule has 2 aromatic carbocycles. The summed E-state index contributed by atoms with van der Waals surface area (Å²) in [5.41, 5.74) is 7.35. The molecule has 0 bridgehead atoms. The minimum atomic E-state index is 0.0477. The standard InChI is InChI=1S/C14H13NOS/c15-10-12-8-4-5-9-13(12)17-14(16)11-6-2-1-3-7-11/h1-9H,10,15H2. The molecule has 0 aliphatic heterocycles. The highest BCUT2D eigenvalue weighted by Crippen LogP contribution is 2.25. The van der Waals surface area contributed by atoms with E-state index in [1.54, 1.807) is 0 Å². The molecule has 0 saturated heterocycles. The first kappa shape index (κ1) is 11.9. The minimum absolute atomic E-state index is 0.0477. The lowest BCUT2D eigenvalue weighted by Crippen LogP contribution is -2.00. The Morgan fingerprint density at radius 2 is 1.65 bits per heavy atom. The van der Waals surface area contributed by atoms with Crippen LogP contribution >= 0.6 is 11.8 Å². The van der Waals surface area contributed by atoms with Crippen LogP contribution in [0.3, 0.4) is 0 Å². The average molecular weight is 243 g/mol. The van der Waals surface area contributed by atoms with Gasteiger partial charge in [-0.3, -0.25) is 4.79 Å². The van der Waals surface area contributed by atoms with Crippen molar-refractivity contribution in [2.45, 2.75) is 11.4 Å². The maximum absolute atomic E-state index is 12.0. The molecule has 0 unspecified atom stereocenters. The van der Waals surface area contributed by atoms with Crippen LogP contribution in [0.15, 0.2) is 59.5 Å². The first-order valence-electron chi connectivity index (χ1n) is 5.36. The van der Waals surface area contributed by atoms with Gasteiger partial charge in [-0.25, -0.2) is 0 Å². The van der Waals surface area contributed by atoms with Gasteiger partial charge in [-0.05, 0) is 23.4 Å². The second kappa shape index (κ2) is 5.66. The van der Waals surface area contributed by atoms with Gasteiger partial charge in [0, 0.05) is 17.0 Å². The van der Waals surface area contributed by atoms with Crippen LogP contribution in [0, 0.1) is 0 Å². The van der Waals surface area contributed by atoms with Gasteiger partial charge in [-0.15, -0.1) is 0 Å². The molecule has 2 aromatic rings. The molecule has 0 atom stereocenters. The van der Waals surface area contributed by atoms with E-state index in [1.165, 1.54) is 11.8 Å². The summed E-state index contributed by atoms with van der Waals surface area (Å²) in [6.07, 6.45) is 0. The van der Waals surface area contributed by atoms with Crippen LogP contribution in [0.1, 0.15) is 15.9 Å². The Labute approximate surface area is 105 Å². The van der Waals surface area contributed by atoms with Crippen molar-refractivity contribution < 1.29 is 4.79 Å². The molecule has 0 fully saturated rings. The number of benzene rings is 2. The van der Waals surface area contributed by atoms with E-state index in [1.807, 2.05) is 54.6 Å². The normalized spacial score (nSPS) is 10.2. The van der Waals surface area contributed by atoms with Crippen molar-refractivity contribution in [3.63, 3.8) is 0 Å².